The molecule has 0 aliphatic rings. The van der Waals surface area contributed by atoms with Crippen LogP contribution in [0.1, 0.15) is 30.8 Å². The molecule has 1 aromatic heterocycles. The molecule has 0 aromatic carbocycles. The van der Waals surface area contributed by atoms with Gasteiger partial charge in [0.2, 0.25) is 5.91 Å². The number of nitrogens with zero attached hydrogens (tertiary/aromatic N) is 2. The summed E-state index contributed by atoms with van der Waals surface area (Å²) in [6.45, 7) is 5.06. The third-order valence-corrected chi connectivity index (χ3v) is 3.92. The number of thiazole rings is 1. The second-order valence-corrected chi connectivity index (χ2v) is 6.38. The highest BCUT2D eigenvalue weighted by molar-refractivity contribution is 7.09. The molecule has 0 fully saturated rings. The van der Waals surface area contributed by atoms with Crippen LogP contribution >= 0.6 is 11.3 Å². The Morgan fingerprint density at radius 1 is 1.43 bits per heavy atom. The maximum Gasteiger partial charge on any atom is 0.324 e. The molecular formula is C13H19N3O4S. The largest absolute Gasteiger partial charge is 0.481 e. The van der Waals surface area contributed by atoms with Crippen molar-refractivity contribution in [3.8, 4) is 0 Å². The molecule has 0 spiro atoms. The van der Waals surface area contributed by atoms with Crippen molar-refractivity contribution in [2.24, 2.45) is 5.41 Å². The van der Waals surface area contributed by atoms with Gasteiger partial charge in [0.15, 0.2) is 0 Å². The van der Waals surface area contributed by atoms with Gasteiger partial charge in [-0.15, -0.1) is 11.3 Å². The van der Waals surface area contributed by atoms with E-state index in [1.807, 2.05) is 6.92 Å². The molecule has 0 atom stereocenters. The first kappa shape index (κ1) is 17.1. The molecule has 8 heteroatoms. The lowest BCUT2D eigenvalue weighted by Crippen LogP contribution is -2.42. The summed E-state index contributed by atoms with van der Waals surface area (Å²) in [6, 6.07) is -0.561. The van der Waals surface area contributed by atoms with E-state index in [0.717, 1.165) is 10.6 Å². The number of carboxylic acid groups (broad SMARTS) is 1. The van der Waals surface area contributed by atoms with Crippen LogP contribution in [0.15, 0.2) is 5.51 Å². The van der Waals surface area contributed by atoms with E-state index in [2.05, 4.69) is 10.3 Å². The zero-order chi connectivity index (χ0) is 16.2. The number of rotatable bonds is 5. The van der Waals surface area contributed by atoms with Gasteiger partial charge >= 0.3 is 12.0 Å². The summed E-state index contributed by atoms with van der Waals surface area (Å²) in [5, 5.41) is 11.1. The predicted octanol–water partition coefficient (Wildman–Crippen LogP) is 1.62. The Morgan fingerprint density at radius 2 is 2.05 bits per heavy atom. The van der Waals surface area contributed by atoms with E-state index >= 15 is 0 Å². The Hall–Kier alpha value is -1.96. The SMILES string of the molecule is Cc1ncsc1CN(C)C(=O)NC(=O)CC(C)(C)C(=O)O. The molecule has 7 nitrogen and oxygen atoms in total. The van der Waals surface area contributed by atoms with Crippen LogP contribution in [-0.4, -0.2) is 39.9 Å². The van der Waals surface area contributed by atoms with Gasteiger partial charge in [-0.3, -0.25) is 14.9 Å². The lowest BCUT2D eigenvalue weighted by molar-refractivity contribution is -0.149. The van der Waals surface area contributed by atoms with Gasteiger partial charge in [0.25, 0.3) is 0 Å². The van der Waals surface area contributed by atoms with Crippen molar-refractivity contribution < 1.29 is 19.5 Å². The fourth-order valence-electron chi connectivity index (χ4n) is 1.50. The zero-order valence-electron chi connectivity index (χ0n) is 12.5. The monoisotopic (exact) mass is 313 g/mol. The maximum absolute atomic E-state index is 11.9. The predicted molar refractivity (Wildman–Crippen MR) is 77.9 cm³/mol. The molecule has 116 valence electrons. The van der Waals surface area contributed by atoms with Gasteiger partial charge in [0.1, 0.15) is 0 Å². The van der Waals surface area contributed by atoms with Gasteiger partial charge in [-0.1, -0.05) is 0 Å². The third kappa shape index (κ3) is 4.82. The minimum Gasteiger partial charge on any atom is -0.481 e. The number of nitrogens with one attached hydrogen (secondary N) is 1. The molecule has 1 rings (SSSR count). The number of aryl methyl sites for hydroxylation is 1. The molecule has 0 unspecified atom stereocenters. The molecule has 1 aromatic rings. The van der Waals surface area contributed by atoms with Crippen LogP contribution in [0.2, 0.25) is 0 Å². The normalized spacial score (nSPS) is 11.0. The van der Waals surface area contributed by atoms with Gasteiger partial charge in [0.05, 0.1) is 23.2 Å². The number of imide groups is 1. The number of hydrogen-bond acceptors (Lipinski definition) is 5. The smallest absolute Gasteiger partial charge is 0.324 e. The van der Waals surface area contributed by atoms with Gasteiger partial charge < -0.3 is 10.0 Å². The minimum absolute atomic E-state index is 0.262. The van der Waals surface area contributed by atoms with Gasteiger partial charge in [-0.25, -0.2) is 9.78 Å². The van der Waals surface area contributed by atoms with Gasteiger partial charge in [0, 0.05) is 18.3 Å². The molecule has 0 aliphatic heterocycles. The minimum atomic E-state index is -1.21. The second kappa shape index (κ2) is 6.66. The summed E-state index contributed by atoms with van der Waals surface area (Å²) >= 11 is 1.43. The van der Waals surface area contributed by atoms with E-state index in [0.29, 0.717) is 6.54 Å². The van der Waals surface area contributed by atoms with E-state index in [1.165, 1.54) is 30.1 Å². The van der Waals surface area contributed by atoms with Crippen molar-refractivity contribution in [1.82, 2.24) is 15.2 Å². The van der Waals surface area contributed by atoms with Crippen LogP contribution in [0.4, 0.5) is 4.79 Å². The topological polar surface area (TPSA) is 99.6 Å². The van der Waals surface area contributed by atoms with Gasteiger partial charge in [-0.2, -0.15) is 0 Å². The van der Waals surface area contributed by atoms with Crippen molar-refractivity contribution in [3.63, 3.8) is 0 Å². The number of carboxylic acids is 1. The fourth-order valence-corrected chi connectivity index (χ4v) is 2.33. The van der Waals surface area contributed by atoms with Crippen LogP contribution in [-0.2, 0) is 16.1 Å². The van der Waals surface area contributed by atoms with Crippen molar-refractivity contribution in [1.29, 1.82) is 0 Å². The number of aromatic nitrogens is 1. The zero-order valence-corrected chi connectivity index (χ0v) is 13.3. The maximum atomic E-state index is 11.9. The first-order valence-electron chi connectivity index (χ1n) is 6.31. The lowest BCUT2D eigenvalue weighted by atomic mass is 9.89. The Morgan fingerprint density at radius 3 is 2.52 bits per heavy atom. The third-order valence-electron chi connectivity index (χ3n) is 3.00. The molecule has 21 heavy (non-hydrogen) atoms. The van der Waals surface area contributed by atoms with Crippen molar-refractivity contribution in [2.75, 3.05) is 7.05 Å². The van der Waals surface area contributed by atoms with E-state index in [1.54, 1.807) is 12.6 Å². The van der Waals surface area contributed by atoms with E-state index in [4.69, 9.17) is 5.11 Å². The number of hydrogen-bond donors (Lipinski definition) is 2. The van der Waals surface area contributed by atoms with E-state index < -0.39 is 23.3 Å². The molecule has 0 radical (unpaired) electrons. The summed E-state index contributed by atoms with van der Waals surface area (Å²) in [6.07, 6.45) is -0.262. The quantitative estimate of drug-likeness (QED) is 0.860. The van der Waals surface area contributed by atoms with Crippen LogP contribution < -0.4 is 5.32 Å². The fraction of sp³-hybridized carbons (Fsp3) is 0.538. The molecule has 0 aliphatic carbocycles. The van der Waals surface area contributed by atoms with Crippen LogP contribution in [0.3, 0.4) is 0 Å². The first-order valence-corrected chi connectivity index (χ1v) is 7.18. The molecule has 2 N–H and O–H groups in total. The average Bonchev–Trinajstić information content (AvgIpc) is 2.73. The first-order chi connectivity index (χ1) is 9.63. The summed E-state index contributed by atoms with van der Waals surface area (Å²) in [4.78, 5) is 40.9. The number of carbonyl (C=O) groups excluding carboxylic acids is 2. The second-order valence-electron chi connectivity index (χ2n) is 5.44. The Kier molecular flexibility index (Phi) is 5.42. The van der Waals surface area contributed by atoms with Crippen molar-refractivity contribution >= 4 is 29.2 Å². The Labute approximate surface area is 127 Å². The lowest BCUT2D eigenvalue weighted by Gasteiger charge is -2.20. The highest BCUT2D eigenvalue weighted by Crippen LogP contribution is 2.20. The highest BCUT2D eigenvalue weighted by Gasteiger charge is 2.31. The van der Waals surface area contributed by atoms with Crippen LogP contribution in [0.25, 0.3) is 0 Å². The Bertz CT molecular complexity index is 553. The summed E-state index contributed by atoms with van der Waals surface area (Å²) in [5.74, 6) is -1.70. The van der Waals surface area contributed by atoms with Crippen LogP contribution in [0.5, 0.6) is 0 Å². The number of aliphatic carboxylic acids is 1. The summed E-state index contributed by atoms with van der Waals surface area (Å²) < 4.78 is 0. The van der Waals surface area contributed by atoms with Crippen molar-refractivity contribution in [3.05, 3.63) is 16.1 Å². The standard InChI is InChI=1S/C13H19N3O4S/c1-8-9(21-7-14-8)6-16(4)12(20)15-10(17)5-13(2,3)11(18)19/h7H,5-6H2,1-4H3,(H,18,19)(H,15,17,20). The molecule has 0 saturated heterocycles. The number of urea groups is 1. The number of carbonyl (C=O) groups is 3. The molecule has 0 bridgehead atoms. The van der Waals surface area contributed by atoms with Crippen molar-refractivity contribution in [2.45, 2.75) is 33.7 Å². The average molecular weight is 313 g/mol. The van der Waals surface area contributed by atoms with Gasteiger partial charge in [-0.05, 0) is 20.8 Å². The molecule has 0 saturated carbocycles. The summed E-state index contributed by atoms with van der Waals surface area (Å²) in [7, 11) is 1.56. The van der Waals surface area contributed by atoms with Crippen LogP contribution in [0, 0.1) is 12.3 Å². The van der Waals surface area contributed by atoms with E-state index in [9.17, 15) is 14.4 Å². The molecule has 1 heterocycles. The summed E-state index contributed by atoms with van der Waals surface area (Å²) in [5.41, 5.74) is 1.33. The molecular weight excluding hydrogens is 294 g/mol. The van der Waals surface area contributed by atoms with E-state index in [-0.39, 0.29) is 6.42 Å². The molecule has 3 amide bonds. The number of amides is 3. The Balaban J connectivity index is 2.54. The highest BCUT2D eigenvalue weighted by atomic mass is 32.1.